The molecule has 0 saturated carbocycles. The zero-order chi connectivity index (χ0) is 21.9. The maximum absolute atomic E-state index is 13.3. The first-order valence-corrected chi connectivity index (χ1v) is 9.30. The summed E-state index contributed by atoms with van der Waals surface area (Å²) in [6.07, 6.45) is -4.65. The molecule has 156 valence electrons. The fraction of sp³-hybridized carbons (Fsp3) is 0.200. The molecule has 0 N–H and O–H groups in total. The number of hydrogen-bond acceptors (Lipinski definition) is 5. The quantitative estimate of drug-likeness (QED) is 0.324. The number of esters is 1. The van der Waals surface area contributed by atoms with Crippen molar-refractivity contribution in [3.8, 4) is 5.69 Å². The molecule has 10 heteroatoms. The maximum atomic E-state index is 13.3. The Hall–Kier alpha value is -3.20. The fourth-order valence-electron chi connectivity index (χ4n) is 2.73. The normalized spacial score (nSPS) is 11.4. The number of benzene rings is 2. The number of hydrogen-bond donors (Lipinski definition) is 0. The van der Waals surface area contributed by atoms with Crippen molar-refractivity contribution in [2.24, 2.45) is 0 Å². The van der Waals surface area contributed by atoms with Gasteiger partial charge >= 0.3 is 12.1 Å². The SMILES string of the molecule is CCOC(=O)c1nc(CCl)n(-c2ccc(C(F)(F)F)cc2C(=O)c2ccccc2)n1. The second-order valence-corrected chi connectivity index (χ2v) is 6.31. The lowest BCUT2D eigenvalue weighted by Crippen LogP contribution is -2.14. The van der Waals surface area contributed by atoms with E-state index in [9.17, 15) is 22.8 Å². The summed E-state index contributed by atoms with van der Waals surface area (Å²) in [5.74, 6) is -1.91. The largest absolute Gasteiger partial charge is 0.460 e. The summed E-state index contributed by atoms with van der Waals surface area (Å²) < 4.78 is 45.8. The van der Waals surface area contributed by atoms with Gasteiger partial charge in [-0.1, -0.05) is 30.3 Å². The predicted molar refractivity (Wildman–Crippen MR) is 102 cm³/mol. The fourth-order valence-corrected chi connectivity index (χ4v) is 2.90. The van der Waals surface area contributed by atoms with Crippen LogP contribution in [0, 0.1) is 0 Å². The Morgan fingerprint density at radius 2 is 1.83 bits per heavy atom. The number of ketones is 1. The van der Waals surface area contributed by atoms with Gasteiger partial charge in [0.2, 0.25) is 0 Å². The van der Waals surface area contributed by atoms with Crippen molar-refractivity contribution in [3.63, 3.8) is 0 Å². The van der Waals surface area contributed by atoms with Crippen molar-refractivity contribution in [2.75, 3.05) is 6.61 Å². The Labute approximate surface area is 174 Å². The molecular formula is C20H15ClF3N3O3. The molecule has 30 heavy (non-hydrogen) atoms. The number of halogens is 4. The summed E-state index contributed by atoms with van der Waals surface area (Å²) in [5, 5.41) is 4.01. The Morgan fingerprint density at radius 3 is 2.43 bits per heavy atom. The molecule has 1 aromatic heterocycles. The molecule has 0 unspecified atom stereocenters. The summed E-state index contributed by atoms with van der Waals surface area (Å²) in [5.41, 5.74) is -1.06. The van der Waals surface area contributed by atoms with Crippen LogP contribution in [0.1, 0.15) is 44.9 Å². The van der Waals surface area contributed by atoms with Crippen molar-refractivity contribution in [1.82, 2.24) is 14.8 Å². The van der Waals surface area contributed by atoms with E-state index in [1.54, 1.807) is 25.1 Å². The van der Waals surface area contributed by atoms with Gasteiger partial charge in [-0.15, -0.1) is 16.7 Å². The van der Waals surface area contributed by atoms with Crippen LogP contribution < -0.4 is 0 Å². The van der Waals surface area contributed by atoms with Crippen molar-refractivity contribution >= 4 is 23.4 Å². The van der Waals surface area contributed by atoms with Gasteiger partial charge in [0.15, 0.2) is 5.78 Å². The molecule has 3 rings (SSSR count). The van der Waals surface area contributed by atoms with Gasteiger partial charge in [-0.25, -0.2) is 14.5 Å². The summed E-state index contributed by atoms with van der Waals surface area (Å²) >= 11 is 5.89. The number of rotatable bonds is 6. The minimum atomic E-state index is -4.65. The van der Waals surface area contributed by atoms with E-state index >= 15 is 0 Å². The number of carbonyl (C=O) groups excluding carboxylic acids is 2. The van der Waals surface area contributed by atoms with Crippen LogP contribution in [0.5, 0.6) is 0 Å². The van der Waals surface area contributed by atoms with Gasteiger partial charge < -0.3 is 4.74 Å². The van der Waals surface area contributed by atoms with E-state index in [0.717, 1.165) is 22.9 Å². The lowest BCUT2D eigenvalue weighted by molar-refractivity contribution is -0.137. The van der Waals surface area contributed by atoms with Crippen LogP contribution in [0.15, 0.2) is 48.5 Å². The van der Waals surface area contributed by atoms with Gasteiger partial charge in [0.25, 0.3) is 5.82 Å². The van der Waals surface area contributed by atoms with Gasteiger partial charge in [0.05, 0.1) is 23.7 Å². The molecule has 0 aliphatic heterocycles. The number of carbonyl (C=O) groups is 2. The molecule has 3 aromatic rings. The molecule has 0 fully saturated rings. The number of ether oxygens (including phenoxy) is 1. The highest BCUT2D eigenvalue weighted by atomic mass is 35.5. The zero-order valence-electron chi connectivity index (χ0n) is 15.6. The maximum Gasteiger partial charge on any atom is 0.416 e. The molecule has 6 nitrogen and oxygen atoms in total. The number of alkyl halides is 4. The van der Waals surface area contributed by atoms with Crippen LogP contribution in [-0.4, -0.2) is 33.1 Å². The van der Waals surface area contributed by atoms with Crippen molar-refractivity contribution < 1.29 is 27.5 Å². The Bertz CT molecular complexity index is 1080. The topological polar surface area (TPSA) is 74.1 Å². The van der Waals surface area contributed by atoms with E-state index in [4.69, 9.17) is 16.3 Å². The molecule has 0 aliphatic carbocycles. The summed E-state index contributed by atoms with van der Waals surface area (Å²) in [7, 11) is 0. The van der Waals surface area contributed by atoms with Crippen molar-refractivity contribution in [3.05, 3.63) is 76.9 Å². The van der Waals surface area contributed by atoms with Crippen LogP contribution >= 0.6 is 11.6 Å². The van der Waals surface area contributed by atoms with E-state index in [-0.39, 0.29) is 40.9 Å². The molecule has 0 radical (unpaired) electrons. The average Bonchev–Trinajstić information content (AvgIpc) is 3.17. The monoisotopic (exact) mass is 437 g/mol. The van der Waals surface area contributed by atoms with Gasteiger partial charge in [-0.3, -0.25) is 4.79 Å². The molecule has 1 heterocycles. The van der Waals surface area contributed by atoms with Crippen LogP contribution in [0.25, 0.3) is 5.69 Å². The Kier molecular flexibility index (Phi) is 6.21. The van der Waals surface area contributed by atoms with Gasteiger partial charge in [-0.2, -0.15) is 13.2 Å². The summed E-state index contributed by atoms with van der Waals surface area (Å²) in [4.78, 5) is 29.0. The highest BCUT2D eigenvalue weighted by Crippen LogP contribution is 2.32. The van der Waals surface area contributed by atoms with E-state index in [0.29, 0.717) is 0 Å². The van der Waals surface area contributed by atoms with Crippen LogP contribution in [-0.2, 0) is 16.8 Å². The highest BCUT2D eigenvalue weighted by molar-refractivity contribution is 6.17. The molecule has 0 atom stereocenters. The van der Waals surface area contributed by atoms with Crippen LogP contribution in [0.2, 0.25) is 0 Å². The van der Waals surface area contributed by atoms with Crippen molar-refractivity contribution in [1.29, 1.82) is 0 Å². The molecule has 0 saturated heterocycles. The molecular weight excluding hydrogens is 423 g/mol. The van der Waals surface area contributed by atoms with E-state index in [1.807, 2.05) is 0 Å². The smallest absolute Gasteiger partial charge is 0.416 e. The molecule has 2 aromatic carbocycles. The second-order valence-electron chi connectivity index (χ2n) is 6.04. The third-order valence-electron chi connectivity index (χ3n) is 4.08. The predicted octanol–water partition coefficient (Wildman–Crippen LogP) is 4.43. The third kappa shape index (κ3) is 4.35. The molecule has 0 spiro atoms. The number of aromatic nitrogens is 3. The first-order valence-electron chi connectivity index (χ1n) is 8.76. The van der Waals surface area contributed by atoms with Crippen LogP contribution in [0.3, 0.4) is 0 Å². The summed E-state index contributed by atoms with van der Waals surface area (Å²) in [6, 6.07) is 10.5. The zero-order valence-corrected chi connectivity index (χ0v) is 16.4. The lowest BCUT2D eigenvalue weighted by atomic mass is 9.99. The first-order chi connectivity index (χ1) is 14.3. The van der Waals surface area contributed by atoms with E-state index < -0.39 is 23.5 Å². The standard InChI is InChI=1S/C20H15ClF3N3O3/c1-2-30-19(29)18-25-16(11-21)27(26-18)15-9-8-13(20(22,23)24)10-14(15)17(28)12-6-4-3-5-7-12/h3-10H,2,11H2,1H3. The van der Waals surface area contributed by atoms with Crippen molar-refractivity contribution in [2.45, 2.75) is 19.0 Å². The highest BCUT2D eigenvalue weighted by Gasteiger charge is 2.32. The third-order valence-corrected chi connectivity index (χ3v) is 4.32. The molecule has 0 bridgehead atoms. The molecule has 0 aliphatic rings. The first kappa shape index (κ1) is 21.5. The minimum Gasteiger partial charge on any atom is -0.460 e. The number of nitrogens with zero attached hydrogens (tertiary/aromatic N) is 3. The second kappa shape index (κ2) is 8.66. The Balaban J connectivity index is 2.20. The van der Waals surface area contributed by atoms with Crippen LogP contribution in [0.4, 0.5) is 13.2 Å². The Morgan fingerprint density at radius 1 is 1.13 bits per heavy atom. The van der Waals surface area contributed by atoms with E-state index in [1.165, 1.54) is 12.1 Å². The molecule has 0 amide bonds. The summed E-state index contributed by atoms with van der Waals surface area (Å²) in [6.45, 7) is 1.69. The minimum absolute atomic E-state index is 0.00977. The van der Waals surface area contributed by atoms with E-state index in [2.05, 4.69) is 10.1 Å². The van der Waals surface area contributed by atoms with Gasteiger partial charge in [0.1, 0.15) is 5.82 Å². The van der Waals surface area contributed by atoms with Gasteiger partial charge in [0, 0.05) is 11.1 Å². The lowest BCUT2D eigenvalue weighted by Gasteiger charge is -2.14. The van der Waals surface area contributed by atoms with Gasteiger partial charge in [-0.05, 0) is 25.1 Å². The average molecular weight is 438 g/mol.